The van der Waals surface area contributed by atoms with E-state index in [4.69, 9.17) is 0 Å². The van der Waals surface area contributed by atoms with Gasteiger partial charge in [-0.3, -0.25) is 29.4 Å². The predicted octanol–water partition coefficient (Wildman–Crippen LogP) is 1.10. The maximum Gasteiger partial charge on any atom is 0.262 e. The molecule has 31 heavy (non-hydrogen) atoms. The van der Waals surface area contributed by atoms with Gasteiger partial charge in [0.05, 0.1) is 11.1 Å². The molecule has 3 N–H and O–H groups in total. The maximum atomic E-state index is 13.1. The molecule has 4 aliphatic rings. The number of benzene rings is 1. The first-order valence-electron chi connectivity index (χ1n) is 11.3. The third-order valence-corrected chi connectivity index (χ3v) is 7.21. The van der Waals surface area contributed by atoms with Crippen molar-refractivity contribution in [2.24, 2.45) is 5.92 Å². The van der Waals surface area contributed by atoms with Crippen LogP contribution in [0, 0.1) is 5.92 Å². The van der Waals surface area contributed by atoms with Crippen LogP contribution in [-0.2, 0) is 16.1 Å². The van der Waals surface area contributed by atoms with Gasteiger partial charge in [0.25, 0.3) is 11.8 Å². The third-order valence-electron chi connectivity index (χ3n) is 7.21. The topological polar surface area (TPSA) is 108 Å². The molecule has 1 saturated carbocycles. The molecule has 4 atom stereocenters. The number of carbonyl (C=O) groups is 4. The first-order valence-corrected chi connectivity index (χ1v) is 11.3. The molecule has 5 rings (SSSR count). The lowest BCUT2D eigenvalue weighted by Crippen LogP contribution is -2.54. The third kappa shape index (κ3) is 3.68. The van der Waals surface area contributed by atoms with Crippen LogP contribution in [0.3, 0.4) is 0 Å². The minimum absolute atomic E-state index is 0.120. The molecule has 1 unspecified atom stereocenters. The molecule has 8 nitrogen and oxygen atoms in total. The fourth-order valence-corrected chi connectivity index (χ4v) is 5.70. The van der Waals surface area contributed by atoms with E-state index < -0.39 is 23.8 Å². The standard InChI is InChI=1S/C23H28N4O4/c28-19-9-8-18(21(29)26-19)27-22(30)16-6-3-5-14(20(16)23(27)31)11-24-12-15-10-13-4-1-2-7-17(13)25-15/h3,5-6,13,15,17-18,24-25H,1-2,4,7-12H2,(H,26,28,29)/t13-,15-,17-,18?/m0/s1. The van der Waals surface area contributed by atoms with E-state index in [9.17, 15) is 19.2 Å². The summed E-state index contributed by atoms with van der Waals surface area (Å²) in [6.45, 7) is 1.30. The van der Waals surface area contributed by atoms with E-state index in [1.807, 2.05) is 6.07 Å². The van der Waals surface area contributed by atoms with Crippen LogP contribution < -0.4 is 16.0 Å². The van der Waals surface area contributed by atoms with Crippen LogP contribution in [0.2, 0.25) is 0 Å². The Morgan fingerprint density at radius 3 is 2.68 bits per heavy atom. The molecule has 3 fully saturated rings. The summed E-state index contributed by atoms with van der Waals surface area (Å²) >= 11 is 0. The normalized spacial score (nSPS) is 30.4. The van der Waals surface area contributed by atoms with Gasteiger partial charge in [-0.2, -0.15) is 0 Å². The molecule has 0 radical (unpaired) electrons. The molecule has 3 aliphatic heterocycles. The van der Waals surface area contributed by atoms with Crippen LogP contribution in [0.15, 0.2) is 18.2 Å². The van der Waals surface area contributed by atoms with Gasteiger partial charge in [0.2, 0.25) is 11.8 Å². The first kappa shape index (κ1) is 20.3. The molecule has 164 valence electrons. The molecular formula is C23H28N4O4. The van der Waals surface area contributed by atoms with Gasteiger partial charge >= 0.3 is 0 Å². The zero-order chi connectivity index (χ0) is 21.5. The molecular weight excluding hydrogens is 396 g/mol. The average Bonchev–Trinajstić information content (AvgIpc) is 3.28. The van der Waals surface area contributed by atoms with Crippen molar-refractivity contribution >= 4 is 23.6 Å². The largest absolute Gasteiger partial charge is 0.311 e. The van der Waals surface area contributed by atoms with E-state index in [0.717, 1.165) is 22.9 Å². The van der Waals surface area contributed by atoms with Gasteiger partial charge in [-0.25, -0.2) is 0 Å². The Kier molecular flexibility index (Phi) is 5.35. The summed E-state index contributed by atoms with van der Waals surface area (Å²) in [6.07, 6.45) is 6.69. The van der Waals surface area contributed by atoms with Crippen LogP contribution >= 0.6 is 0 Å². The summed E-state index contributed by atoms with van der Waals surface area (Å²) in [6, 6.07) is 5.40. The molecule has 8 heteroatoms. The summed E-state index contributed by atoms with van der Waals surface area (Å²) in [5, 5.41) is 9.43. The van der Waals surface area contributed by atoms with Crippen molar-refractivity contribution in [2.75, 3.05) is 6.54 Å². The Labute approximate surface area is 181 Å². The number of rotatable bonds is 5. The lowest BCUT2D eigenvalue weighted by atomic mass is 9.85. The van der Waals surface area contributed by atoms with Crippen molar-refractivity contribution < 1.29 is 19.2 Å². The second-order valence-corrected chi connectivity index (χ2v) is 9.17. The highest BCUT2D eigenvalue weighted by atomic mass is 16.2. The summed E-state index contributed by atoms with van der Waals surface area (Å²) in [5.41, 5.74) is 1.47. The number of imide groups is 2. The summed E-state index contributed by atoms with van der Waals surface area (Å²) < 4.78 is 0. The molecule has 1 aromatic carbocycles. The molecule has 1 aromatic rings. The van der Waals surface area contributed by atoms with Crippen LogP contribution in [-0.4, -0.2) is 53.2 Å². The number of amides is 4. The SMILES string of the molecule is O=C1CCC(N2C(=O)c3cccc(CNC[C@@H]4C[C@@H]5CCCC[C@@H]5N4)c3C2=O)C(=O)N1. The highest BCUT2D eigenvalue weighted by molar-refractivity contribution is 6.24. The van der Waals surface area contributed by atoms with Crippen molar-refractivity contribution in [1.82, 2.24) is 20.9 Å². The van der Waals surface area contributed by atoms with Gasteiger partial charge in [-0.05, 0) is 43.2 Å². The van der Waals surface area contributed by atoms with Gasteiger partial charge in [-0.15, -0.1) is 0 Å². The van der Waals surface area contributed by atoms with Crippen molar-refractivity contribution in [3.05, 3.63) is 34.9 Å². The Bertz CT molecular complexity index is 932. The van der Waals surface area contributed by atoms with E-state index in [2.05, 4.69) is 16.0 Å². The van der Waals surface area contributed by atoms with Crippen LogP contribution in [0.5, 0.6) is 0 Å². The molecule has 0 aromatic heterocycles. The summed E-state index contributed by atoms with van der Waals surface area (Å²) in [4.78, 5) is 50.8. The van der Waals surface area contributed by atoms with Gasteiger partial charge in [-0.1, -0.05) is 25.0 Å². The first-order chi connectivity index (χ1) is 15.0. The molecule has 3 heterocycles. The van der Waals surface area contributed by atoms with E-state index in [1.54, 1.807) is 12.1 Å². The van der Waals surface area contributed by atoms with Gasteiger partial charge in [0.1, 0.15) is 6.04 Å². The van der Waals surface area contributed by atoms with Crippen molar-refractivity contribution in [2.45, 2.75) is 69.6 Å². The average molecular weight is 425 g/mol. The second kappa shape index (κ2) is 8.16. The lowest BCUT2D eigenvalue weighted by Gasteiger charge is -2.27. The van der Waals surface area contributed by atoms with Crippen molar-refractivity contribution in [1.29, 1.82) is 0 Å². The molecule has 4 amide bonds. The number of fused-ring (bicyclic) bond motifs is 2. The Morgan fingerprint density at radius 2 is 1.87 bits per heavy atom. The Balaban J connectivity index is 1.26. The maximum absolute atomic E-state index is 13.1. The van der Waals surface area contributed by atoms with E-state index in [0.29, 0.717) is 29.8 Å². The minimum Gasteiger partial charge on any atom is -0.311 e. The number of hydrogen-bond donors (Lipinski definition) is 3. The number of nitrogens with zero attached hydrogens (tertiary/aromatic N) is 1. The molecule has 0 bridgehead atoms. The van der Waals surface area contributed by atoms with Crippen LogP contribution in [0.25, 0.3) is 0 Å². The summed E-state index contributed by atoms with van der Waals surface area (Å²) in [5.74, 6) is -1.08. The highest BCUT2D eigenvalue weighted by Gasteiger charge is 2.45. The number of nitrogens with one attached hydrogen (secondary N) is 3. The zero-order valence-corrected chi connectivity index (χ0v) is 17.5. The Morgan fingerprint density at radius 1 is 1.03 bits per heavy atom. The second-order valence-electron chi connectivity index (χ2n) is 9.17. The van der Waals surface area contributed by atoms with Crippen molar-refractivity contribution in [3.8, 4) is 0 Å². The monoisotopic (exact) mass is 424 g/mol. The molecule has 2 saturated heterocycles. The van der Waals surface area contributed by atoms with Crippen molar-refractivity contribution in [3.63, 3.8) is 0 Å². The number of piperidine rings is 1. The van der Waals surface area contributed by atoms with E-state index in [-0.39, 0.29) is 18.7 Å². The number of hydrogen-bond acceptors (Lipinski definition) is 6. The van der Waals surface area contributed by atoms with Crippen LogP contribution in [0.4, 0.5) is 0 Å². The fourth-order valence-electron chi connectivity index (χ4n) is 5.70. The van der Waals surface area contributed by atoms with E-state index in [1.165, 1.54) is 32.1 Å². The zero-order valence-electron chi connectivity index (χ0n) is 17.5. The highest BCUT2D eigenvalue weighted by Crippen LogP contribution is 2.33. The van der Waals surface area contributed by atoms with Gasteiger partial charge in [0, 0.05) is 31.6 Å². The molecule has 1 aliphatic carbocycles. The van der Waals surface area contributed by atoms with E-state index >= 15 is 0 Å². The smallest absolute Gasteiger partial charge is 0.262 e. The van der Waals surface area contributed by atoms with Gasteiger partial charge in [0.15, 0.2) is 0 Å². The lowest BCUT2D eigenvalue weighted by molar-refractivity contribution is -0.136. The Hall–Kier alpha value is -2.58. The quantitative estimate of drug-likeness (QED) is 0.611. The van der Waals surface area contributed by atoms with Gasteiger partial charge < -0.3 is 10.6 Å². The minimum atomic E-state index is -0.933. The fraction of sp³-hybridized carbons (Fsp3) is 0.565. The van der Waals surface area contributed by atoms with Crippen LogP contribution in [0.1, 0.15) is 71.2 Å². The predicted molar refractivity (Wildman–Crippen MR) is 112 cm³/mol. The summed E-state index contributed by atoms with van der Waals surface area (Å²) in [7, 11) is 0. The number of carbonyl (C=O) groups excluding carboxylic acids is 4. The molecule has 0 spiro atoms.